The van der Waals surface area contributed by atoms with Gasteiger partial charge in [0.25, 0.3) is 0 Å². The molecule has 0 bridgehead atoms. The Morgan fingerprint density at radius 3 is 2.25 bits per heavy atom. The Morgan fingerprint density at radius 1 is 0.917 bits per heavy atom. The summed E-state index contributed by atoms with van der Waals surface area (Å²) in [6.07, 6.45) is 4.12. The van der Waals surface area contributed by atoms with Gasteiger partial charge in [0.1, 0.15) is 0 Å². The number of pyridine rings is 1. The smallest absolute Gasteiger partial charge is 0.167 e. The minimum Gasteiger partial charge on any atom is -0.167 e. The molecule has 0 saturated heterocycles. The topological polar surface area (TPSA) is 3.88 Å². The van der Waals surface area contributed by atoms with E-state index in [1.54, 1.807) is 0 Å². The van der Waals surface area contributed by atoms with Gasteiger partial charge in [0.05, 0.1) is 0 Å². The van der Waals surface area contributed by atoms with Crippen LogP contribution in [0.1, 0.15) is 0 Å². The average molecular weight is 172 g/mol. The van der Waals surface area contributed by atoms with Crippen molar-refractivity contribution in [2.45, 2.75) is 0 Å². The molecule has 0 spiro atoms. The lowest BCUT2D eigenvalue weighted by Crippen LogP contribution is -2.28. The van der Waals surface area contributed by atoms with Crippen LogP contribution in [0.4, 0.5) is 0 Å². The molecule has 2 aromatic heterocycles. The molecule has 2 rings (SSSR count). The first kappa shape index (κ1) is 7.37. The highest BCUT2D eigenvalue weighted by Crippen LogP contribution is 1.93. The van der Waals surface area contributed by atoms with E-state index >= 15 is 0 Å². The van der Waals surface area contributed by atoms with E-state index in [-0.39, 0.29) is 0 Å². The number of nitrogens with zero attached hydrogens (tertiary/aromatic N) is 1. The quantitative estimate of drug-likeness (QED) is 0.447. The fraction of sp³-hybridized carbons (Fsp3) is 0. The zero-order valence-electron chi connectivity index (χ0n) is 6.72. The molecule has 0 aliphatic rings. The van der Waals surface area contributed by atoms with Crippen LogP contribution in [0.3, 0.4) is 0 Å². The molecule has 0 unspecified atom stereocenters. The fourth-order valence-corrected chi connectivity index (χ4v) is 1.92. The first-order valence-corrected chi connectivity index (χ1v) is 5.32. The van der Waals surface area contributed by atoms with Gasteiger partial charge in [-0.05, 0) is 0 Å². The molecule has 0 aliphatic heterocycles. The Kier molecular flexibility index (Phi) is 2.09. The first-order valence-electron chi connectivity index (χ1n) is 3.98. The van der Waals surface area contributed by atoms with E-state index in [1.165, 1.54) is 5.69 Å². The molecule has 1 nitrogen and oxygen atoms in total. The second-order valence-corrected chi connectivity index (χ2v) is 3.77. The molecular formula is C10H10NSi+. The SMILES string of the molecule is c1cc[n+](-c2cc[siH]cc2)cc1. The standard InChI is InChI=1S/C10H10NSi/c1-2-6-11(7-3-1)10-4-8-12-9-5-10/h1-9,12H/q+1. The van der Waals surface area contributed by atoms with E-state index in [0.717, 1.165) is 0 Å². The third kappa shape index (κ3) is 1.48. The van der Waals surface area contributed by atoms with Crippen molar-refractivity contribution in [1.29, 1.82) is 0 Å². The van der Waals surface area contributed by atoms with E-state index in [4.69, 9.17) is 0 Å². The highest BCUT2D eigenvalue weighted by molar-refractivity contribution is 6.26. The van der Waals surface area contributed by atoms with Crippen molar-refractivity contribution in [3.8, 4) is 5.69 Å². The third-order valence-corrected chi connectivity index (χ3v) is 2.60. The van der Waals surface area contributed by atoms with E-state index in [9.17, 15) is 0 Å². The molecule has 58 valence electrons. The summed E-state index contributed by atoms with van der Waals surface area (Å²) in [4.78, 5) is 0. The summed E-state index contributed by atoms with van der Waals surface area (Å²) in [5.74, 6) is 0. The number of rotatable bonds is 1. The van der Waals surface area contributed by atoms with Gasteiger partial charge < -0.3 is 0 Å². The number of hydrogen-bond acceptors (Lipinski definition) is 0. The summed E-state index contributed by atoms with van der Waals surface area (Å²) in [5.41, 5.74) is 5.74. The van der Waals surface area contributed by atoms with Crippen molar-refractivity contribution in [1.82, 2.24) is 0 Å². The lowest BCUT2D eigenvalue weighted by molar-refractivity contribution is -0.595. The zero-order valence-corrected chi connectivity index (χ0v) is 7.88. The van der Waals surface area contributed by atoms with Gasteiger partial charge in [0.15, 0.2) is 12.4 Å². The lowest BCUT2D eigenvalue weighted by Gasteiger charge is -1.92. The van der Waals surface area contributed by atoms with Crippen molar-refractivity contribution < 1.29 is 4.57 Å². The second kappa shape index (κ2) is 3.41. The fourth-order valence-electron chi connectivity index (χ4n) is 1.17. The molecular weight excluding hydrogens is 162 g/mol. The van der Waals surface area contributed by atoms with Crippen LogP contribution in [0.2, 0.25) is 0 Å². The molecule has 0 N–H and O–H groups in total. The maximum absolute atomic E-state index is 2.25. The van der Waals surface area contributed by atoms with Crippen LogP contribution in [0, 0.1) is 0 Å². The Labute approximate surface area is 74.1 Å². The molecule has 12 heavy (non-hydrogen) atoms. The van der Waals surface area contributed by atoms with Gasteiger partial charge in [-0.3, -0.25) is 0 Å². The van der Waals surface area contributed by atoms with Crippen molar-refractivity contribution in [2.24, 2.45) is 0 Å². The minimum absolute atomic E-state index is 0.407. The summed E-state index contributed by atoms with van der Waals surface area (Å²) >= 11 is 0. The lowest BCUT2D eigenvalue weighted by atomic mass is 10.4. The highest BCUT2D eigenvalue weighted by atomic mass is 28.2. The summed E-state index contributed by atoms with van der Waals surface area (Å²) < 4.78 is 2.12. The number of aromatic nitrogens is 1. The average Bonchev–Trinajstić information content (AvgIpc) is 2.21. The molecule has 2 heteroatoms. The number of hydrogen-bond donors (Lipinski definition) is 0. The van der Waals surface area contributed by atoms with Gasteiger partial charge in [0, 0.05) is 33.4 Å². The first-order chi connectivity index (χ1) is 5.97. The largest absolute Gasteiger partial charge is 0.209 e. The van der Waals surface area contributed by atoms with Crippen LogP contribution in [0.15, 0.2) is 54.1 Å². The maximum atomic E-state index is 2.25. The normalized spacial score (nSPS) is 9.67. The van der Waals surface area contributed by atoms with E-state index in [2.05, 4.69) is 40.4 Å². The van der Waals surface area contributed by atoms with Gasteiger partial charge in [-0.2, -0.15) is 4.57 Å². The summed E-state index contributed by atoms with van der Waals surface area (Å²) in [6.45, 7) is 0. The predicted molar refractivity (Wildman–Crippen MR) is 50.7 cm³/mol. The molecule has 2 heterocycles. The van der Waals surface area contributed by atoms with Gasteiger partial charge in [-0.15, -0.1) is 0 Å². The minimum atomic E-state index is 0.407. The van der Waals surface area contributed by atoms with E-state index in [1.807, 2.05) is 18.2 Å². The van der Waals surface area contributed by atoms with Crippen LogP contribution < -0.4 is 4.57 Å². The van der Waals surface area contributed by atoms with Crippen LogP contribution in [-0.4, -0.2) is 9.12 Å². The molecule has 0 fully saturated rings. The summed E-state index contributed by atoms with van der Waals surface area (Å²) in [6, 6.07) is 10.5. The Morgan fingerprint density at radius 2 is 1.58 bits per heavy atom. The Hall–Kier alpha value is -1.28. The van der Waals surface area contributed by atoms with Crippen molar-refractivity contribution in [2.75, 3.05) is 0 Å². The molecule has 0 radical (unpaired) electrons. The van der Waals surface area contributed by atoms with Crippen molar-refractivity contribution in [3.63, 3.8) is 0 Å². The highest BCUT2D eigenvalue weighted by Gasteiger charge is 1.99. The van der Waals surface area contributed by atoms with Crippen LogP contribution in [0.25, 0.3) is 5.69 Å². The van der Waals surface area contributed by atoms with Gasteiger partial charge in [-0.1, -0.05) is 17.4 Å². The Balaban J connectivity index is 2.46. The Bertz CT molecular complexity index is 307. The molecule has 0 aliphatic carbocycles. The van der Waals surface area contributed by atoms with E-state index in [0.29, 0.717) is 9.12 Å². The molecule has 0 amide bonds. The predicted octanol–water partition coefficient (Wildman–Crippen LogP) is 1.03. The van der Waals surface area contributed by atoms with Crippen LogP contribution in [-0.2, 0) is 0 Å². The van der Waals surface area contributed by atoms with Crippen LogP contribution in [0.5, 0.6) is 0 Å². The summed E-state index contributed by atoms with van der Waals surface area (Å²) in [7, 11) is 0.407. The molecule has 2 aromatic rings. The van der Waals surface area contributed by atoms with Gasteiger partial charge >= 0.3 is 0 Å². The third-order valence-electron chi connectivity index (χ3n) is 1.77. The molecule has 0 atom stereocenters. The van der Waals surface area contributed by atoms with E-state index < -0.39 is 0 Å². The maximum Gasteiger partial charge on any atom is 0.209 e. The van der Waals surface area contributed by atoms with Gasteiger partial charge in [0.2, 0.25) is 5.69 Å². The van der Waals surface area contributed by atoms with Crippen molar-refractivity contribution >= 4 is 9.12 Å². The van der Waals surface area contributed by atoms with Crippen LogP contribution >= 0.6 is 0 Å². The van der Waals surface area contributed by atoms with Crippen molar-refractivity contribution in [3.05, 3.63) is 54.1 Å². The van der Waals surface area contributed by atoms with Gasteiger partial charge in [-0.25, -0.2) is 0 Å². The second-order valence-electron chi connectivity index (χ2n) is 2.62. The molecule has 0 aromatic carbocycles. The monoisotopic (exact) mass is 172 g/mol. The molecule has 0 saturated carbocycles. The zero-order chi connectivity index (χ0) is 8.23. The summed E-state index contributed by atoms with van der Waals surface area (Å²) in [5, 5.41) is 0.